The molecule has 0 saturated heterocycles. The molecule has 16 heavy (non-hydrogen) atoms. The van der Waals surface area contributed by atoms with E-state index in [1.807, 2.05) is 0 Å². The second-order valence-corrected chi connectivity index (χ2v) is 3.68. The maximum Gasteiger partial charge on any atom is 0.420 e. The Balaban J connectivity index is 2.29. The third kappa shape index (κ3) is 2.40. The van der Waals surface area contributed by atoms with Crippen molar-refractivity contribution in [1.82, 2.24) is 0 Å². The summed E-state index contributed by atoms with van der Waals surface area (Å²) in [5.41, 5.74) is -0.798. The van der Waals surface area contributed by atoms with Gasteiger partial charge in [0.05, 0.1) is 13.2 Å². The van der Waals surface area contributed by atoms with E-state index in [9.17, 15) is 13.2 Å². The quantitative estimate of drug-likeness (QED) is 0.796. The van der Waals surface area contributed by atoms with E-state index in [0.29, 0.717) is 0 Å². The molecule has 1 aromatic carbocycles. The molecule has 0 heterocycles. The molecule has 0 atom stereocenters. The van der Waals surface area contributed by atoms with Crippen molar-refractivity contribution in [2.45, 2.75) is 25.1 Å². The zero-order valence-electron chi connectivity index (χ0n) is 8.67. The van der Waals surface area contributed by atoms with E-state index in [1.165, 1.54) is 19.2 Å². The Morgan fingerprint density at radius 2 is 1.94 bits per heavy atom. The summed E-state index contributed by atoms with van der Waals surface area (Å²) in [6, 6.07) is 3.75. The van der Waals surface area contributed by atoms with Crippen molar-refractivity contribution in [3.05, 3.63) is 23.8 Å². The highest BCUT2D eigenvalue weighted by atomic mass is 19.4. The molecule has 2 nitrogen and oxygen atoms in total. The van der Waals surface area contributed by atoms with Crippen molar-refractivity contribution < 1.29 is 22.6 Å². The molecule has 0 aliphatic heterocycles. The van der Waals surface area contributed by atoms with Crippen LogP contribution >= 0.6 is 0 Å². The lowest BCUT2D eigenvalue weighted by molar-refractivity contribution is -0.138. The minimum absolute atomic E-state index is 0.0782. The maximum absolute atomic E-state index is 12.6. The fraction of sp³-hybridized carbons (Fsp3) is 0.455. The third-order valence-electron chi connectivity index (χ3n) is 2.30. The Morgan fingerprint density at radius 3 is 2.44 bits per heavy atom. The van der Waals surface area contributed by atoms with Crippen LogP contribution in [0.25, 0.3) is 0 Å². The highest BCUT2D eigenvalue weighted by Crippen LogP contribution is 2.39. The van der Waals surface area contributed by atoms with Crippen LogP contribution in [0.2, 0.25) is 0 Å². The predicted octanol–water partition coefficient (Wildman–Crippen LogP) is 3.26. The Labute approximate surface area is 91.0 Å². The van der Waals surface area contributed by atoms with Gasteiger partial charge in [-0.2, -0.15) is 13.2 Å². The molecule has 1 aliphatic carbocycles. The van der Waals surface area contributed by atoms with Crippen molar-refractivity contribution >= 4 is 0 Å². The average Bonchev–Trinajstić information content (AvgIpc) is 3.00. The summed E-state index contributed by atoms with van der Waals surface area (Å²) in [5.74, 6) is 0.0614. The van der Waals surface area contributed by atoms with Gasteiger partial charge in [0.2, 0.25) is 0 Å². The first-order valence-electron chi connectivity index (χ1n) is 4.92. The van der Waals surface area contributed by atoms with Crippen molar-refractivity contribution in [3.63, 3.8) is 0 Å². The molecule has 1 saturated carbocycles. The van der Waals surface area contributed by atoms with Gasteiger partial charge in [-0.1, -0.05) is 0 Å². The van der Waals surface area contributed by atoms with E-state index < -0.39 is 11.7 Å². The lowest BCUT2D eigenvalue weighted by Gasteiger charge is -2.13. The lowest BCUT2D eigenvalue weighted by Crippen LogP contribution is -2.08. The van der Waals surface area contributed by atoms with E-state index in [1.54, 1.807) is 0 Å². The van der Waals surface area contributed by atoms with Crippen molar-refractivity contribution in [2.24, 2.45) is 0 Å². The van der Waals surface area contributed by atoms with Crippen molar-refractivity contribution in [2.75, 3.05) is 7.11 Å². The smallest absolute Gasteiger partial charge is 0.420 e. The van der Waals surface area contributed by atoms with Gasteiger partial charge < -0.3 is 9.47 Å². The third-order valence-corrected chi connectivity index (χ3v) is 2.30. The van der Waals surface area contributed by atoms with E-state index in [-0.39, 0.29) is 17.6 Å². The van der Waals surface area contributed by atoms with Gasteiger partial charge in [-0.15, -0.1) is 0 Å². The summed E-state index contributed by atoms with van der Waals surface area (Å²) < 4.78 is 47.9. The van der Waals surface area contributed by atoms with Crippen LogP contribution in [0.15, 0.2) is 18.2 Å². The molecule has 0 radical (unpaired) electrons. The number of benzene rings is 1. The molecule has 1 aromatic rings. The molecular weight excluding hydrogens is 221 g/mol. The Kier molecular flexibility index (Phi) is 2.69. The molecule has 0 unspecified atom stereocenters. The molecule has 0 spiro atoms. The van der Waals surface area contributed by atoms with E-state index in [2.05, 4.69) is 4.74 Å². The van der Waals surface area contributed by atoms with E-state index in [4.69, 9.17) is 4.74 Å². The van der Waals surface area contributed by atoms with Gasteiger partial charge in [0.1, 0.15) is 17.1 Å². The predicted molar refractivity (Wildman–Crippen MR) is 51.6 cm³/mol. The Hall–Kier alpha value is -1.39. The summed E-state index contributed by atoms with van der Waals surface area (Å²) in [6.45, 7) is 0. The highest BCUT2D eigenvalue weighted by molar-refractivity contribution is 5.42. The Morgan fingerprint density at radius 1 is 1.25 bits per heavy atom. The van der Waals surface area contributed by atoms with Gasteiger partial charge in [0.15, 0.2) is 0 Å². The van der Waals surface area contributed by atoms with Gasteiger partial charge in [-0.3, -0.25) is 0 Å². The number of ether oxygens (including phenoxy) is 2. The van der Waals surface area contributed by atoms with Crippen LogP contribution in [0.3, 0.4) is 0 Å². The number of hydrogen-bond donors (Lipinski definition) is 0. The van der Waals surface area contributed by atoms with Crippen molar-refractivity contribution in [1.29, 1.82) is 0 Å². The van der Waals surface area contributed by atoms with Crippen LogP contribution in [0.1, 0.15) is 18.4 Å². The molecule has 88 valence electrons. The van der Waals surface area contributed by atoms with Crippen LogP contribution in [0.4, 0.5) is 13.2 Å². The van der Waals surface area contributed by atoms with Crippen LogP contribution in [0, 0.1) is 0 Å². The maximum atomic E-state index is 12.6. The Bertz CT molecular complexity index is 383. The number of halogens is 3. The molecule has 1 aliphatic rings. The van der Waals surface area contributed by atoms with Gasteiger partial charge in [-0.25, -0.2) is 0 Å². The first-order valence-corrected chi connectivity index (χ1v) is 4.92. The molecule has 1 fully saturated rings. The lowest BCUT2D eigenvalue weighted by atomic mass is 10.2. The van der Waals surface area contributed by atoms with E-state index >= 15 is 0 Å². The number of methoxy groups -OCH3 is 1. The topological polar surface area (TPSA) is 18.5 Å². The average molecular weight is 232 g/mol. The second-order valence-electron chi connectivity index (χ2n) is 3.68. The molecule has 0 bridgehead atoms. The standard InChI is InChI=1S/C11H11F3O2/c1-15-10-5-4-8(16-7-2-3-7)6-9(10)11(12,13)14/h4-7H,2-3H2,1H3. The first kappa shape index (κ1) is 11.1. The molecule has 0 aromatic heterocycles. The minimum atomic E-state index is -4.42. The van der Waals surface area contributed by atoms with Crippen LogP contribution in [-0.4, -0.2) is 13.2 Å². The normalized spacial score (nSPS) is 16.0. The number of alkyl halides is 3. The van der Waals surface area contributed by atoms with Gasteiger partial charge >= 0.3 is 6.18 Å². The molecular formula is C11H11F3O2. The monoisotopic (exact) mass is 232 g/mol. The minimum Gasteiger partial charge on any atom is -0.496 e. The van der Waals surface area contributed by atoms with Crippen molar-refractivity contribution in [3.8, 4) is 11.5 Å². The molecule has 0 amide bonds. The second kappa shape index (κ2) is 3.88. The van der Waals surface area contributed by atoms with Gasteiger partial charge in [0, 0.05) is 0 Å². The summed E-state index contributed by atoms with van der Waals surface area (Å²) in [5, 5.41) is 0. The zero-order valence-corrected chi connectivity index (χ0v) is 8.67. The van der Waals surface area contributed by atoms with Crippen LogP contribution < -0.4 is 9.47 Å². The summed E-state index contributed by atoms with van der Waals surface area (Å²) in [6.07, 6.45) is -2.52. The largest absolute Gasteiger partial charge is 0.496 e. The van der Waals surface area contributed by atoms with Crippen LogP contribution in [-0.2, 0) is 6.18 Å². The molecule has 2 rings (SSSR count). The molecule has 5 heteroatoms. The highest BCUT2D eigenvalue weighted by Gasteiger charge is 2.35. The van der Waals surface area contributed by atoms with Gasteiger partial charge in [-0.05, 0) is 31.0 Å². The summed E-state index contributed by atoms with van der Waals surface area (Å²) in [4.78, 5) is 0. The summed E-state index contributed by atoms with van der Waals surface area (Å²) in [7, 11) is 1.21. The van der Waals surface area contributed by atoms with Crippen LogP contribution in [0.5, 0.6) is 11.5 Å². The fourth-order valence-corrected chi connectivity index (χ4v) is 1.36. The van der Waals surface area contributed by atoms with E-state index in [0.717, 1.165) is 18.9 Å². The SMILES string of the molecule is COc1ccc(OC2CC2)cc1C(F)(F)F. The molecule has 0 N–H and O–H groups in total. The zero-order chi connectivity index (χ0) is 11.8. The van der Waals surface area contributed by atoms with Gasteiger partial charge in [0.25, 0.3) is 0 Å². The fourth-order valence-electron chi connectivity index (χ4n) is 1.36. The first-order chi connectivity index (χ1) is 7.50. The number of rotatable bonds is 3. The summed E-state index contributed by atoms with van der Waals surface area (Å²) >= 11 is 0. The number of hydrogen-bond acceptors (Lipinski definition) is 2.